The quantitative estimate of drug-likeness (QED) is 0.789. The zero-order valence-electron chi connectivity index (χ0n) is 15.2. The molecule has 1 aromatic heterocycles. The number of unbranched alkanes of at least 4 members (excludes halogenated alkanes) is 1. The van der Waals surface area contributed by atoms with Crippen LogP contribution in [0.2, 0.25) is 0 Å². The van der Waals surface area contributed by atoms with Crippen LogP contribution in [0.25, 0.3) is 0 Å². The lowest BCUT2D eigenvalue weighted by atomic mass is 10.0. The zero-order chi connectivity index (χ0) is 17.8. The maximum Gasteiger partial charge on any atom is 0.274 e. The second-order valence-electron chi connectivity index (χ2n) is 7.04. The molecule has 0 aliphatic carbocycles. The van der Waals surface area contributed by atoms with Crippen LogP contribution in [-0.2, 0) is 11.3 Å². The summed E-state index contributed by atoms with van der Waals surface area (Å²) >= 11 is 0. The number of nitrogens with zero attached hydrogens (tertiary/aromatic N) is 4. The van der Waals surface area contributed by atoms with Crippen molar-refractivity contribution in [3.05, 3.63) is 28.2 Å². The first-order chi connectivity index (χ1) is 12.1. The molecule has 138 valence electrons. The van der Waals surface area contributed by atoms with E-state index in [0.29, 0.717) is 24.2 Å². The van der Waals surface area contributed by atoms with Gasteiger partial charge >= 0.3 is 0 Å². The van der Waals surface area contributed by atoms with Crippen molar-refractivity contribution in [3.8, 4) is 0 Å². The van der Waals surface area contributed by atoms with E-state index < -0.39 is 0 Å². The standard InChI is InChI=1S/C18H28N4O3/c1-3-4-7-22-17(23)6-5-15(19-22)18(24)21-12-14(2)16(13-21)20-8-10-25-11-9-20/h5-6,14,16H,3-4,7-13H2,1-2H3. The Kier molecular flexibility index (Phi) is 5.86. The van der Waals surface area contributed by atoms with Crippen molar-refractivity contribution >= 4 is 5.91 Å². The van der Waals surface area contributed by atoms with E-state index in [-0.39, 0.29) is 11.5 Å². The first-order valence-electron chi connectivity index (χ1n) is 9.29. The molecule has 0 aromatic carbocycles. The lowest BCUT2D eigenvalue weighted by Gasteiger charge is -2.33. The second-order valence-corrected chi connectivity index (χ2v) is 7.04. The van der Waals surface area contributed by atoms with Crippen molar-refractivity contribution < 1.29 is 9.53 Å². The van der Waals surface area contributed by atoms with Crippen LogP contribution in [0.3, 0.4) is 0 Å². The highest BCUT2D eigenvalue weighted by Gasteiger charge is 2.37. The number of amides is 1. The average Bonchev–Trinajstić information content (AvgIpc) is 3.03. The van der Waals surface area contributed by atoms with E-state index in [0.717, 1.165) is 52.2 Å². The van der Waals surface area contributed by atoms with Crippen LogP contribution in [0.1, 0.15) is 37.2 Å². The molecule has 0 spiro atoms. The fraction of sp³-hybridized carbons (Fsp3) is 0.722. The molecule has 1 aromatic rings. The molecule has 7 heteroatoms. The number of hydrogen-bond acceptors (Lipinski definition) is 5. The smallest absolute Gasteiger partial charge is 0.274 e. The monoisotopic (exact) mass is 348 g/mol. The van der Waals surface area contributed by atoms with Gasteiger partial charge in [-0.1, -0.05) is 20.3 Å². The Morgan fingerprint density at radius 3 is 2.76 bits per heavy atom. The van der Waals surface area contributed by atoms with Crippen molar-refractivity contribution in [1.29, 1.82) is 0 Å². The van der Waals surface area contributed by atoms with Crippen LogP contribution in [0.5, 0.6) is 0 Å². The number of hydrogen-bond donors (Lipinski definition) is 0. The maximum absolute atomic E-state index is 12.9. The summed E-state index contributed by atoms with van der Waals surface area (Å²) in [6.07, 6.45) is 1.86. The third kappa shape index (κ3) is 4.10. The predicted octanol–water partition coefficient (Wildman–Crippen LogP) is 0.836. The molecular weight excluding hydrogens is 320 g/mol. The third-order valence-electron chi connectivity index (χ3n) is 5.18. The number of aromatic nitrogens is 2. The summed E-state index contributed by atoms with van der Waals surface area (Å²) in [6, 6.07) is 3.38. The Morgan fingerprint density at radius 2 is 2.04 bits per heavy atom. The van der Waals surface area contributed by atoms with Crippen molar-refractivity contribution in [2.75, 3.05) is 39.4 Å². The summed E-state index contributed by atoms with van der Waals surface area (Å²) in [4.78, 5) is 29.1. The normalized spacial score (nSPS) is 24.6. The molecule has 7 nitrogen and oxygen atoms in total. The predicted molar refractivity (Wildman–Crippen MR) is 94.7 cm³/mol. The van der Waals surface area contributed by atoms with Crippen molar-refractivity contribution in [1.82, 2.24) is 19.6 Å². The molecule has 2 aliphatic heterocycles. The highest BCUT2D eigenvalue weighted by atomic mass is 16.5. The molecule has 0 bridgehead atoms. The topological polar surface area (TPSA) is 67.7 Å². The van der Waals surface area contributed by atoms with Crippen LogP contribution in [0.15, 0.2) is 16.9 Å². The van der Waals surface area contributed by atoms with Gasteiger partial charge in [0.2, 0.25) is 0 Å². The summed E-state index contributed by atoms with van der Waals surface area (Å²) in [5, 5.41) is 4.30. The van der Waals surface area contributed by atoms with Crippen molar-refractivity contribution in [2.45, 2.75) is 39.3 Å². The minimum absolute atomic E-state index is 0.0761. The van der Waals surface area contributed by atoms with Crippen molar-refractivity contribution in [2.24, 2.45) is 5.92 Å². The molecule has 2 aliphatic rings. The highest BCUT2D eigenvalue weighted by Crippen LogP contribution is 2.23. The van der Waals surface area contributed by atoms with Crippen molar-refractivity contribution in [3.63, 3.8) is 0 Å². The van der Waals surface area contributed by atoms with Gasteiger partial charge in [-0.15, -0.1) is 0 Å². The van der Waals surface area contributed by atoms with E-state index in [1.807, 2.05) is 4.90 Å². The van der Waals surface area contributed by atoms with E-state index in [2.05, 4.69) is 23.8 Å². The van der Waals surface area contributed by atoms with E-state index >= 15 is 0 Å². The summed E-state index contributed by atoms with van der Waals surface area (Å²) in [5.41, 5.74) is 0.219. The van der Waals surface area contributed by atoms with Gasteiger partial charge in [-0.2, -0.15) is 5.10 Å². The van der Waals surface area contributed by atoms with Crippen LogP contribution < -0.4 is 5.56 Å². The molecule has 2 unspecified atom stereocenters. The highest BCUT2D eigenvalue weighted by molar-refractivity contribution is 5.92. The fourth-order valence-electron chi connectivity index (χ4n) is 3.69. The van der Waals surface area contributed by atoms with Gasteiger partial charge in [0.15, 0.2) is 0 Å². The van der Waals surface area contributed by atoms with E-state index in [9.17, 15) is 9.59 Å². The molecule has 0 N–H and O–H groups in total. The Morgan fingerprint density at radius 1 is 1.28 bits per heavy atom. The van der Waals surface area contributed by atoms with Gasteiger partial charge < -0.3 is 9.64 Å². The lowest BCUT2D eigenvalue weighted by Crippen LogP contribution is -2.47. The Hall–Kier alpha value is -1.73. The molecule has 3 rings (SSSR count). The Balaban J connectivity index is 1.69. The third-order valence-corrected chi connectivity index (χ3v) is 5.18. The second kappa shape index (κ2) is 8.10. The van der Waals surface area contributed by atoms with Gasteiger partial charge in [0.25, 0.3) is 11.5 Å². The maximum atomic E-state index is 12.9. The molecule has 1 amide bonds. The minimum Gasteiger partial charge on any atom is -0.379 e. The number of carbonyl (C=O) groups excluding carboxylic acids is 1. The molecular formula is C18H28N4O3. The Labute approximate surface area is 148 Å². The Bertz CT molecular complexity index is 654. The first kappa shape index (κ1) is 18.1. The van der Waals surface area contributed by atoms with Crippen LogP contribution in [0.4, 0.5) is 0 Å². The van der Waals surface area contributed by atoms with Crippen LogP contribution in [-0.4, -0.2) is 70.9 Å². The van der Waals surface area contributed by atoms with E-state index in [1.54, 1.807) is 6.07 Å². The van der Waals surface area contributed by atoms with E-state index in [1.165, 1.54) is 10.7 Å². The lowest BCUT2D eigenvalue weighted by molar-refractivity contribution is 0.0119. The number of morpholine rings is 1. The molecule has 0 radical (unpaired) electrons. The first-order valence-corrected chi connectivity index (χ1v) is 9.29. The number of likely N-dealkylation sites (tertiary alicyclic amines) is 1. The molecule has 25 heavy (non-hydrogen) atoms. The van der Waals surface area contributed by atoms with Gasteiger partial charge in [0, 0.05) is 44.8 Å². The molecule has 0 saturated carbocycles. The number of rotatable bonds is 5. The molecule has 3 heterocycles. The largest absolute Gasteiger partial charge is 0.379 e. The summed E-state index contributed by atoms with van der Waals surface area (Å²) in [7, 11) is 0. The van der Waals surface area contributed by atoms with Crippen LogP contribution >= 0.6 is 0 Å². The summed E-state index contributed by atoms with van der Waals surface area (Å²) in [5.74, 6) is 0.348. The fourth-order valence-corrected chi connectivity index (χ4v) is 3.69. The van der Waals surface area contributed by atoms with E-state index in [4.69, 9.17) is 4.74 Å². The average molecular weight is 348 g/mol. The van der Waals surface area contributed by atoms with Gasteiger partial charge in [-0.25, -0.2) is 4.68 Å². The molecule has 2 saturated heterocycles. The summed E-state index contributed by atoms with van der Waals surface area (Å²) in [6.45, 7) is 9.66. The van der Waals surface area contributed by atoms with Gasteiger partial charge in [-0.05, 0) is 18.4 Å². The van der Waals surface area contributed by atoms with Gasteiger partial charge in [-0.3, -0.25) is 14.5 Å². The van der Waals surface area contributed by atoms with Gasteiger partial charge in [0.1, 0.15) is 5.69 Å². The van der Waals surface area contributed by atoms with Gasteiger partial charge in [0.05, 0.1) is 13.2 Å². The minimum atomic E-state index is -0.147. The molecule has 2 atom stereocenters. The van der Waals surface area contributed by atoms with Crippen LogP contribution in [0, 0.1) is 5.92 Å². The molecule has 2 fully saturated rings. The number of aryl methyl sites for hydroxylation is 1. The number of carbonyl (C=O) groups is 1. The summed E-state index contributed by atoms with van der Waals surface area (Å²) < 4.78 is 6.84. The number of ether oxygens (including phenoxy) is 1. The SMILES string of the molecule is CCCCn1nc(C(=O)N2CC(C)C(N3CCOCC3)C2)ccc1=O. The zero-order valence-corrected chi connectivity index (χ0v) is 15.2.